The van der Waals surface area contributed by atoms with Crippen molar-refractivity contribution in [1.82, 2.24) is 10.6 Å². The summed E-state index contributed by atoms with van der Waals surface area (Å²) in [7, 11) is 0. The van der Waals surface area contributed by atoms with Crippen molar-refractivity contribution < 1.29 is 19.1 Å². The maximum absolute atomic E-state index is 12.2. The van der Waals surface area contributed by atoms with Crippen molar-refractivity contribution in [3.8, 4) is 0 Å². The van der Waals surface area contributed by atoms with E-state index in [1.807, 2.05) is 13.8 Å². The van der Waals surface area contributed by atoms with Gasteiger partial charge >= 0.3 is 0 Å². The van der Waals surface area contributed by atoms with Crippen LogP contribution in [0.4, 0.5) is 0 Å². The Balaban J connectivity index is 0.000000370. The third-order valence-electron chi connectivity index (χ3n) is 5.18. The number of ether oxygens (including phenoxy) is 2. The van der Waals surface area contributed by atoms with Gasteiger partial charge in [0, 0.05) is 39.1 Å². The SMILES string of the molecule is CCOCCNC(=O)C(CCCCC1CC1)C1CC1.CCOCCNC(C)=O. The lowest BCUT2D eigenvalue weighted by Crippen LogP contribution is -2.34. The van der Waals surface area contributed by atoms with Crippen molar-refractivity contribution in [2.75, 3.05) is 39.5 Å². The molecule has 6 heteroatoms. The Labute approximate surface area is 171 Å². The molecule has 0 spiro atoms. The number of carbonyl (C=O) groups excluding carboxylic acids is 2. The molecule has 0 aromatic heterocycles. The number of carbonyl (C=O) groups is 2. The Morgan fingerprint density at radius 3 is 2.04 bits per heavy atom. The van der Waals surface area contributed by atoms with E-state index >= 15 is 0 Å². The molecule has 2 aliphatic rings. The van der Waals surface area contributed by atoms with Gasteiger partial charge in [0.2, 0.25) is 11.8 Å². The summed E-state index contributed by atoms with van der Waals surface area (Å²) < 4.78 is 10.2. The van der Waals surface area contributed by atoms with Gasteiger partial charge in [-0.25, -0.2) is 0 Å². The van der Waals surface area contributed by atoms with Gasteiger partial charge < -0.3 is 20.1 Å². The number of amides is 2. The largest absolute Gasteiger partial charge is 0.380 e. The van der Waals surface area contributed by atoms with E-state index in [4.69, 9.17) is 9.47 Å². The lowest BCUT2D eigenvalue weighted by atomic mass is 9.95. The first-order valence-electron chi connectivity index (χ1n) is 11.3. The maximum Gasteiger partial charge on any atom is 0.223 e. The van der Waals surface area contributed by atoms with Crippen molar-refractivity contribution >= 4 is 11.8 Å². The summed E-state index contributed by atoms with van der Waals surface area (Å²) in [6, 6.07) is 0. The average molecular weight is 399 g/mol. The molecule has 2 rings (SSSR count). The number of hydrogen-bond donors (Lipinski definition) is 2. The fourth-order valence-electron chi connectivity index (χ4n) is 3.25. The van der Waals surface area contributed by atoms with Gasteiger partial charge in [-0.05, 0) is 44.9 Å². The van der Waals surface area contributed by atoms with Gasteiger partial charge in [-0.15, -0.1) is 0 Å². The highest BCUT2D eigenvalue weighted by atomic mass is 16.5. The molecule has 0 aromatic rings. The molecule has 1 unspecified atom stereocenters. The van der Waals surface area contributed by atoms with Crippen LogP contribution in [0, 0.1) is 17.8 Å². The van der Waals surface area contributed by atoms with Crippen LogP contribution in [-0.2, 0) is 19.1 Å². The van der Waals surface area contributed by atoms with Gasteiger partial charge in [-0.1, -0.05) is 32.1 Å². The molecule has 0 heterocycles. The molecule has 1 atom stereocenters. The van der Waals surface area contributed by atoms with Crippen LogP contribution in [0.2, 0.25) is 0 Å². The molecule has 0 aromatic carbocycles. The highest BCUT2D eigenvalue weighted by Crippen LogP contribution is 2.40. The molecule has 0 saturated heterocycles. The van der Waals surface area contributed by atoms with Crippen molar-refractivity contribution in [3.05, 3.63) is 0 Å². The topological polar surface area (TPSA) is 76.7 Å². The van der Waals surface area contributed by atoms with Crippen LogP contribution in [0.1, 0.15) is 72.1 Å². The molecular formula is C22H42N2O4. The van der Waals surface area contributed by atoms with Crippen LogP contribution in [-0.4, -0.2) is 51.3 Å². The molecule has 0 bridgehead atoms. The van der Waals surface area contributed by atoms with Crippen molar-refractivity contribution in [3.63, 3.8) is 0 Å². The first-order valence-corrected chi connectivity index (χ1v) is 11.3. The second-order valence-corrected chi connectivity index (χ2v) is 7.84. The minimum absolute atomic E-state index is 0.00490. The van der Waals surface area contributed by atoms with Gasteiger partial charge in [0.1, 0.15) is 0 Å². The molecule has 2 saturated carbocycles. The first kappa shape index (κ1) is 24.9. The summed E-state index contributed by atoms with van der Waals surface area (Å²) >= 11 is 0. The standard InChI is InChI=1S/C16H29NO2.C6H13NO2/c1-2-19-12-11-17-16(18)15(14-9-10-14)6-4-3-5-13-7-8-13;1-3-9-5-4-7-6(2)8/h13-15H,2-12H2,1H3,(H,17,18);3-5H2,1-2H3,(H,7,8). The third kappa shape index (κ3) is 13.9. The van der Waals surface area contributed by atoms with E-state index in [0.29, 0.717) is 38.8 Å². The fraction of sp³-hybridized carbons (Fsp3) is 0.909. The second-order valence-electron chi connectivity index (χ2n) is 7.84. The van der Waals surface area contributed by atoms with E-state index < -0.39 is 0 Å². The van der Waals surface area contributed by atoms with E-state index in [2.05, 4.69) is 10.6 Å². The zero-order chi connectivity index (χ0) is 20.6. The molecule has 2 amide bonds. The zero-order valence-corrected chi connectivity index (χ0v) is 18.3. The third-order valence-corrected chi connectivity index (χ3v) is 5.18. The van der Waals surface area contributed by atoms with Crippen LogP contribution in [0.3, 0.4) is 0 Å². The predicted molar refractivity (Wildman–Crippen MR) is 112 cm³/mol. The lowest BCUT2D eigenvalue weighted by Gasteiger charge is -2.16. The fourth-order valence-corrected chi connectivity index (χ4v) is 3.25. The minimum atomic E-state index is -0.00490. The van der Waals surface area contributed by atoms with E-state index in [1.54, 1.807) is 0 Å². The number of hydrogen-bond acceptors (Lipinski definition) is 4. The van der Waals surface area contributed by atoms with Crippen molar-refractivity contribution in [2.45, 2.75) is 72.1 Å². The van der Waals surface area contributed by atoms with E-state index in [9.17, 15) is 9.59 Å². The van der Waals surface area contributed by atoms with E-state index in [-0.39, 0.29) is 17.7 Å². The van der Waals surface area contributed by atoms with Crippen LogP contribution in [0.5, 0.6) is 0 Å². The van der Waals surface area contributed by atoms with E-state index in [0.717, 1.165) is 18.9 Å². The van der Waals surface area contributed by atoms with Crippen molar-refractivity contribution in [2.24, 2.45) is 17.8 Å². The summed E-state index contributed by atoms with van der Waals surface area (Å²) in [6.45, 7) is 9.36. The van der Waals surface area contributed by atoms with Gasteiger partial charge in [0.15, 0.2) is 0 Å². The Bertz CT molecular complexity index is 423. The average Bonchev–Trinajstić information content (AvgIpc) is 3.56. The van der Waals surface area contributed by atoms with Gasteiger partial charge in [0.05, 0.1) is 13.2 Å². The van der Waals surface area contributed by atoms with Gasteiger partial charge in [-0.2, -0.15) is 0 Å². The Morgan fingerprint density at radius 1 is 0.929 bits per heavy atom. The summed E-state index contributed by atoms with van der Waals surface area (Å²) in [5.41, 5.74) is 0. The van der Waals surface area contributed by atoms with Crippen molar-refractivity contribution in [1.29, 1.82) is 0 Å². The normalized spacial score (nSPS) is 16.7. The van der Waals surface area contributed by atoms with Crippen LogP contribution in [0.25, 0.3) is 0 Å². The molecule has 2 fully saturated rings. The minimum Gasteiger partial charge on any atom is -0.380 e. The molecular weight excluding hydrogens is 356 g/mol. The molecule has 2 N–H and O–H groups in total. The quantitative estimate of drug-likeness (QED) is 0.415. The smallest absolute Gasteiger partial charge is 0.223 e. The summed E-state index contributed by atoms with van der Waals surface area (Å²) in [5.74, 6) is 2.25. The number of unbranched alkanes of at least 4 members (excludes halogenated alkanes) is 1. The Kier molecular flexibility index (Phi) is 14.0. The monoisotopic (exact) mass is 398 g/mol. The summed E-state index contributed by atoms with van der Waals surface area (Å²) in [4.78, 5) is 22.4. The van der Waals surface area contributed by atoms with Crippen LogP contribution in [0.15, 0.2) is 0 Å². The lowest BCUT2D eigenvalue weighted by molar-refractivity contribution is -0.126. The number of rotatable bonds is 15. The summed E-state index contributed by atoms with van der Waals surface area (Å²) in [5, 5.41) is 5.65. The second kappa shape index (κ2) is 15.7. The van der Waals surface area contributed by atoms with Gasteiger partial charge in [0.25, 0.3) is 0 Å². The van der Waals surface area contributed by atoms with Crippen LogP contribution < -0.4 is 10.6 Å². The predicted octanol–water partition coefficient (Wildman–Crippen LogP) is 3.29. The number of nitrogens with one attached hydrogen (secondary N) is 2. The highest BCUT2D eigenvalue weighted by molar-refractivity contribution is 5.79. The summed E-state index contributed by atoms with van der Waals surface area (Å²) in [6.07, 6.45) is 10.4. The van der Waals surface area contributed by atoms with Gasteiger partial charge in [-0.3, -0.25) is 9.59 Å². The molecule has 0 radical (unpaired) electrons. The molecule has 164 valence electrons. The van der Waals surface area contributed by atoms with Crippen LogP contribution >= 0.6 is 0 Å². The van der Waals surface area contributed by atoms with E-state index in [1.165, 1.54) is 51.9 Å². The Morgan fingerprint density at radius 2 is 1.54 bits per heavy atom. The zero-order valence-electron chi connectivity index (χ0n) is 18.3. The molecule has 2 aliphatic carbocycles. The Hall–Kier alpha value is -1.14. The molecule has 0 aliphatic heterocycles. The molecule has 28 heavy (non-hydrogen) atoms. The maximum atomic E-state index is 12.2. The molecule has 6 nitrogen and oxygen atoms in total. The first-order chi connectivity index (χ1) is 13.6. The highest BCUT2D eigenvalue weighted by Gasteiger charge is 2.35.